The first-order valence-electron chi connectivity index (χ1n) is 7.70. The van der Waals surface area contributed by atoms with Gasteiger partial charge < -0.3 is 5.73 Å². The largest absolute Gasteiger partial charge is 0.330 e. The second-order valence-electron chi connectivity index (χ2n) is 5.67. The fraction of sp³-hybridized carbons (Fsp3) is 0.438. The van der Waals surface area contributed by atoms with Gasteiger partial charge in [-0.15, -0.1) is 12.4 Å². The summed E-state index contributed by atoms with van der Waals surface area (Å²) in [5.74, 6) is 0. The van der Waals surface area contributed by atoms with Crippen molar-refractivity contribution in [1.82, 2.24) is 9.29 Å². The van der Waals surface area contributed by atoms with Crippen molar-refractivity contribution in [2.45, 2.75) is 36.6 Å². The lowest BCUT2D eigenvalue weighted by atomic mass is 10.0. The number of sulfonamides is 1. The van der Waals surface area contributed by atoms with E-state index in [0.717, 1.165) is 19.3 Å². The molecule has 126 valence electrons. The Bertz CT molecular complexity index is 760. The fourth-order valence-electron chi connectivity index (χ4n) is 3.20. The van der Waals surface area contributed by atoms with Gasteiger partial charge in [-0.2, -0.15) is 4.31 Å². The normalized spacial score (nSPS) is 19.4. The van der Waals surface area contributed by atoms with Crippen molar-refractivity contribution in [3.8, 4) is 0 Å². The molecule has 1 aliphatic heterocycles. The molecular formula is C16H22ClN3O2S. The van der Waals surface area contributed by atoms with E-state index in [-0.39, 0.29) is 18.4 Å². The third-order valence-electron chi connectivity index (χ3n) is 4.27. The van der Waals surface area contributed by atoms with Crippen LogP contribution in [0.15, 0.2) is 41.4 Å². The maximum Gasteiger partial charge on any atom is 0.243 e. The van der Waals surface area contributed by atoms with Crippen LogP contribution in [0.3, 0.4) is 0 Å². The van der Waals surface area contributed by atoms with Crippen LogP contribution in [0, 0.1) is 0 Å². The minimum atomic E-state index is -3.52. The van der Waals surface area contributed by atoms with Crippen LogP contribution in [0.25, 0.3) is 10.9 Å². The van der Waals surface area contributed by atoms with E-state index in [9.17, 15) is 8.42 Å². The van der Waals surface area contributed by atoms with E-state index in [1.807, 2.05) is 12.1 Å². The van der Waals surface area contributed by atoms with Gasteiger partial charge in [-0.1, -0.05) is 12.5 Å². The van der Waals surface area contributed by atoms with Gasteiger partial charge in [0.05, 0.1) is 10.4 Å². The Morgan fingerprint density at radius 1 is 1.22 bits per heavy atom. The summed E-state index contributed by atoms with van der Waals surface area (Å²) in [5.41, 5.74) is 6.37. The first kappa shape index (κ1) is 18.1. The lowest BCUT2D eigenvalue weighted by Gasteiger charge is -2.34. The lowest BCUT2D eigenvalue weighted by Crippen LogP contribution is -2.44. The van der Waals surface area contributed by atoms with Crippen molar-refractivity contribution in [3.63, 3.8) is 0 Å². The number of piperidine rings is 1. The van der Waals surface area contributed by atoms with Crippen molar-refractivity contribution in [2.75, 3.05) is 13.1 Å². The van der Waals surface area contributed by atoms with E-state index in [2.05, 4.69) is 4.98 Å². The highest BCUT2D eigenvalue weighted by Gasteiger charge is 2.33. The van der Waals surface area contributed by atoms with Crippen LogP contribution in [0.5, 0.6) is 0 Å². The smallest absolute Gasteiger partial charge is 0.243 e. The van der Waals surface area contributed by atoms with Crippen molar-refractivity contribution >= 4 is 33.3 Å². The van der Waals surface area contributed by atoms with Gasteiger partial charge in [0.2, 0.25) is 10.0 Å². The molecule has 0 radical (unpaired) electrons. The Hall–Kier alpha value is -1.21. The highest BCUT2D eigenvalue weighted by molar-refractivity contribution is 7.89. The van der Waals surface area contributed by atoms with Crippen molar-refractivity contribution in [1.29, 1.82) is 0 Å². The summed E-state index contributed by atoms with van der Waals surface area (Å²) in [6.07, 6.45) is 5.25. The molecule has 0 saturated carbocycles. The highest BCUT2D eigenvalue weighted by atomic mass is 35.5. The molecule has 1 aromatic heterocycles. The SMILES string of the molecule is Cl.NCCC1CCCCN1S(=O)(=O)c1cccc2ncccc12. The predicted molar refractivity (Wildman–Crippen MR) is 94.2 cm³/mol. The van der Waals surface area contributed by atoms with E-state index >= 15 is 0 Å². The number of aromatic nitrogens is 1. The summed E-state index contributed by atoms with van der Waals surface area (Å²) in [7, 11) is -3.52. The first-order chi connectivity index (χ1) is 10.6. The number of halogens is 1. The molecule has 3 rings (SSSR count). The first-order valence-corrected chi connectivity index (χ1v) is 9.14. The molecule has 0 aliphatic carbocycles. The number of hydrogen-bond donors (Lipinski definition) is 1. The van der Waals surface area contributed by atoms with E-state index < -0.39 is 10.0 Å². The van der Waals surface area contributed by atoms with E-state index in [4.69, 9.17) is 5.73 Å². The standard InChI is InChI=1S/C16H21N3O2S.ClH/c17-10-9-13-5-1-2-12-19(13)22(20,21)16-8-3-7-15-14(16)6-4-11-18-15;/h3-4,6-8,11,13H,1-2,5,9-10,12,17H2;1H. The third-order valence-corrected chi connectivity index (χ3v) is 6.28. The topological polar surface area (TPSA) is 76.3 Å². The van der Waals surface area contributed by atoms with Gasteiger partial charge in [-0.3, -0.25) is 4.98 Å². The third kappa shape index (κ3) is 3.50. The number of pyridine rings is 1. The van der Waals surface area contributed by atoms with Crippen molar-refractivity contribution in [2.24, 2.45) is 5.73 Å². The summed E-state index contributed by atoms with van der Waals surface area (Å²) in [6, 6.07) is 8.86. The minimum absolute atomic E-state index is 0. The van der Waals surface area contributed by atoms with Crippen molar-refractivity contribution in [3.05, 3.63) is 36.5 Å². The molecule has 1 aromatic carbocycles. The molecule has 1 atom stereocenters. The van der Waals surface area contributed by atoms with Crippen LogP contribution >= 0.6 is 12.4 Å². The highest BCUT2D eigenvalue weighted by Crippen LogP contribution is 2.30. The Labute approximate surface area is 143 Å². The lowest BCUT2D eigenvalue weighted by molar-refractivity contribution is 0.243. The average Bonchev–Trinajstić information content (AvgIpc) is 2.55. The molecule has 1 fully saturated rings. The monoisotopic (exact) mass is 355 g/mol. The maximum atomic E-state index is 13.1. The van der Waals surface area contributed by atoms with E-state index in [1.165, 1.54) is 0 Å². The van der Waals surface area contributed by atoms with Gasteiger partial charge in [0.15, 0.2) is 0 Å². The molecule has 23 heavy (non-hydrogen) atoms. The number of hydrogen-bond acceptors (Lipinski definition) is 4. The molecule has 1 aliphatic rings. The average molecular weight is 356 g/mol. The molecule has 1 unspecified atom stereocenters. The molecule has 1 saturated heterocycles. The number of fused-ring (bicyclic) bond motifs is 1. The number of rotatable bonds is 4. The number of benzene rings is 1. The Balaban J connectivity index is 0.00000192. The predicted octanol–water partition coefficient (Wildman–Crippen LogP) is 2.55. The molecule has 2 N–H and O–H groups in total. The molecule has 2 heterocycles. The van der Waals surface area contributed by atoms with Gasteiger partial charge >= 0.3 is 0 Å². The fourth-order valence-corrected chi connectivity index (χ4v) is 5.12. The minimum Gasteiger partial charge on any atom is -0.330 e. The Morgan fingerprint density at radius 3 is 2.83 bits per heavy atom. The van der Waals surface area contributed by atoms with E-state index in [1.54, 1.807) is 28.7 Å². The summed E-state index contributed by atoms with van der Waals surface area (Å²) in [5, 5.41) is 0.682. The second kappa shape index (κ2) is 7.57. The number of nitrogens with zero attached hydrogens (tertiary/aromatic N) is 2. The summed E-state index contributed by atoms with van der Waals surface area (Å²) < 4.78 is 27.9. The quantitative estimate of drug-likeness (QED) is 0.914. The van der Waals surface area contributed by atoms with Crippen molar-refractivity contribution < 1.29 is 8.42 Å². The molecule has 5 nitrogen and oxygen atoms in total. The van der Waals surface area contributed by atoms with Crippen LogP contribution in [0.1, 0.15) is 25.7 Å². The molecule has 0 amide bonds. The molecule has 0 spiro atoms. The Kier molecular flexibility index (Phi) is 5.97. The molecule has 7 heteroatoms. The van der Waals surface area contributed by atoms with Crippen LogP contribution < -0.4 is 5.73 Å². The van der Waals surface area contributed by atoms with Gasteiger partial charge in [-0.25, -0.2) is 8.42 Å². The Morgan fingerprint density at radius 2 is 2.04 bits per heavy atom. The van der Waals surface area contributed by atoms with Gasteiger partial charge in [0, 0.05) is 24.2 Å². The van der Waals surface area contributed by atoms with Crippen LogP contribution in [-0.4, -0.2) is 36.8 Å². The zero-order valence-corrected chi connectivity index (χ0v) is 14.5. The molecule has 0 bridgehead atoms. The maximum absolute atomic E-state index is 13.1. The van der Waals surface area contributed by atoms with Gasteiger partial charge in [-0.05, 0) is 50.1 Å². The second-order valence-corrected chi connectivity index (χ2v) is 7.53. The summed E-state index contributed by atoms with van der Waals surface area (Å²) in [4.78, 5) is 4.60. The molecule has 2 aromatic rings. The van der Waals surface area contributed by atoms with E-state index in [0.29, 0.717) is 35.3 Å². The van der Waals surface area contributed by atoms with Crippen LogP contribution in [0.2, 0.25) is 0 Å². The molecular weight excluding hydrogens is 334 g/mol. The van der Waals surface area contributed by atoms with Gasteiger partial charge in [0.25, 0.3) is 0 Å². The van der Waals surface area contributed by atoms with Gasteiger partial charge in [0.1, 0.15) is 0 Å². The summed E-state index contributed by atoms with van der Waals surface area (Å²) in [6.45, 7) is 1.08. The number of nitrogens with two attached hydrogens (primary N) is 1. The summed E-state index contributed by atoms with van der Waals surface area (Å²) >= 11 is 0. The van der Waals surface area contributed by atoms with Crippen LogP contribution in [0.4, 0.5) is 0 Å². The van der Waals surface area contributed by atoms with Crippen LogP contribution in [-0.2, 0) is 10.0 Å². The zero-order valence-electron chi connectivity index (χ0n) is 12.9. The zero-order chi connectivity index (χ0) is 15.6.